The van der Waals surface area contributed by atoms with Gasteiger partial charge in [0, 0.05) is 24.0 Å². The largest absolute Gasteiger partial charge is 0.497 e. The topological polar surface area (TPSA) is 76.1 Å². The minimum atomic E-state index is -0.202. The molecule has 2 N–H and O–H groups in total. The summed E-state index contributed by atoms with van der Waals surface area (Å²) in [6.07, 6.45) is 1.79. The van der Waals surface area contributed by atoms with Crippen LogP contribution in [0, 0.1) is 6.92 Å². The summed E-state index contributed by atoms with van der Waals surface area (Å²) in [4.78, 5) is 21.2. The van der Waals surface area contributed by atoms with Crippen molar-refractivity contribution in [3.63, 3.8) is 0 Å². The van der Waals surface area contributed by atoms with Crippen LogP contribution in [0.4, 0.5) is 11.6 Å². The number of anilines is 2. The summed E-state index contributed by atoms with van der Waals surface area (Å²) in [7, 11) is 1.61. The molecule has 0 bridgehead atoms. The fourth-order valence-corrected chi connectivity index (χ4v) is 2.80. The normalized spacial score (nSPS) is 10.4. The second-order valence-electron chi connectivity index (χ2n) is 6.42. The van der Waals surface area contributed by atoms with Gasteiger partial charge in [-0.3, -0.25) is 4.79 Å². The number of rotatable bonds is 8. The van der Waals surface area contributed by atoms with Gasteiger partial charge in [0.25, 0.3) is 5.91 Å². The minimum Gasteiger partial charge on any atom is -0.497 e. The van der Waals surface area contributed by atoms with Gasteiger partial charge in [-0.1, -0.05) is 36.4 Å². The molecule has 0 atom stereocenters. The average molecular weight is 376 g/mol. The van der Waals surface area contributed by atoms with E-state index in [1.807, 2.05) is 49.4 Å². The summed E-state index contributed by atoms with van der Waals surface area (Å²) in [6.45, 7) is 2.43. The molecule has 0 aliphatic rings. The van der Waals surface area contributed by atoms with Gasteiger partial charge < -0.3 is 15.4 Å². The minimum absolute atomic E-state index is 0.202. The summed E-state index contributed by atoms with van der Waals surface area (Å²) < 4.78 is 5.22. The number of nitrogens with one attached hydrogen (secondary N) is 2. The van der Waals surface area contributed by atoms with Gasteiger partial charge in [0.1, 0.15) is 11.4 Å². The predicted molar refractivity (Wildman–Crippen MR) is 110 cm³/mol. The maximum atomic E-state index is 12.5. The summed E-state index contributed by atoms with van der Waals surface area (Å²) in [5.74, 6) is 0.906. The molecule has 0 aliphatic heterocycles. The number of hydrogen-bond acceptors (Lipinski definition) is 5. The third-order valence-corrected chi connectivity index (χ3v) is 4.18. The summed E-state index contributed by atoms with van der Waals surface area (Å²) in [6, 6.07) is 19.4. The Bertz CT molecular complexity index is 929. The Hall–Kier alpha value is -3.41. The van der Waals surface area contributed by atoms with Crippen LogP contribution in [-0.2, 0) is 6.42 Å². The first-order chi connectivity index (χ1) is 13.6. The zero-order valence-electron chi connectivity index (χ0n) is 16.1. The van der Waals surface area contributed by atoms with Gasteiger partial charge in [-0.2, -0.15) is 0 Å². The van der Waals surface area contributed by atoms with Crippen molar-refractivity contribution >= 4 is 17.5 Å². The van der Waals surface area contributed by atoms with Gasteiger partial charge in [0.15, 0.2) is 0 Å². The van der Waals surface area contributed by atoms with Crippen LogP contribution in [0.15, 0.2) is 60.7 Å². The van der Waals surface area contributed by atoms with E-state index in [1.54, 1.807) is 13.2 Å². The molecule has 144 valence electrons. The van der Waals surface area contributed by atoms with E-state index in [2.05, 4.69) is 32.7 Å². The number of ether oxygens (including phenoxy) is 1. The maximum absolute atomic E-state index is 12.5. The highest BCUT2D eigenvalue weighted by Gasteiger charge is 2.10. The molecule has 1 aromatic heterocycles. The standard InChI is InChI=1S/C22H24N4O2/c1-16-14-20(21(27)23-13-7-10-17-8-4-3-5-9-17)26-22(24-16)25-18-11-6-12-19(15-18)28-2/h3-6,8-9,11-12,14-15H,7,10,13H2,1-2H3,(H,23,27)(H,24,25,26). The molecule has 0 saturated heterocycles. The lowest BCUT2D eigenvalue weighted by Crippen LogP contribution is -2.26. The van der Waals surface area contributed by atoms with Crippen molar-refractivity contribution < 1.29 is 9.53 Å². The van der Waals surface area contributed by atoms with E-state index in [0.29, 0.717) is 18.2 Å². The lowest BCUT2D eigenvalue weighted by Gasteiger charge is -2.10. The Labute approximate surface area is 165 Å². The van der Waals surface area contributed by atoms with E-state index in [0.717, 1.165) is 30.0 Å². The average Bonchev–Trinajstić information content (AvgIpc) is 2.71. The number of aryl methyl sites for hydroxylation is 2. The van der Waals surface area contributed by atoms with Crippen molar-refractivity contribution in [2.75, 3.05) is 19.0 Å². The Morgan fingerprint density at radius 3 is 2.64 bits per heavy atom. The Morgan fingerprint density at radius 1 is 1.04 bits per heavy atom. The Balaban J connectivity index is 1.59. The first-order valence-corrected chi connectivity index (χ1v) is 9.23. The summed E-state index contributed by atoms with van der Waals surface area (Å²) >= 11 is 0. The molecule has 0 saturated carbocycles. The van der Waals surface area contributed by atoms with Crippen molar-refractivity contribution in [3.05, 3.63) is 77.6 Å². The second-order valence-corrected chi connectivity index (χ2v) is 6.42. The van der Waals surface area contributed by atoms with Crippen LogP contribution in [0.3, 0.4) is 0 Å². The molecule has 0 fully saturated rings. The lowest BCUT2D eigenvalue weighted by atomic mass is 10.1. The van der Waals surface area contributed by atoms with Gasteiger partial charge in [0.2, 0.25) is 5.95 Å². The van der Waals surface area contributed by atoms with Crippen LogP contribution in [-0.4, -0.2) is 29.5 Å². The van der Waals surface area contributed by atoms with E-state index in [9.17, 15) is 4.79 Å². The van der Waals surface area contributed by atoms with Crippen LogP contribution in [0.1, 0.15) is 28.2 Å². The quantitative estimate of drug-likeness (QED) is 0.583. The maximum Gasteiger partial charge on any atom is 0.270 e. The molecule has 0 aliphatic carbocycles. The number of hydrogen-bond donors (Lipinski definition) is 2. The number of carbonyl (C=O) groups excluding carboxylic acids is 1. The highest BCUT2D eigenvalue weighted by molar-refractivity contribution is 5.92. The summed E-state index contributed by atoms with van der Waals surface area (Å²) in [5.41, 5.74) is 3.12. The lowest BCUT2D eigenvalue weighted by molar-refractivity contribution is 0.0948. The Kier molecular flexibility index (Phi) is 6.57. The summed E-state index contributed by atoms with van der Waals surface area (Å²) in [5, 5.41) is 6.05. The molecule has 2 aromatic carbocycles. The van der Waals surface area contributed by atoms with Gasteiger partial charge in [-0.25, -0.2) is 9.97 Å². The fourth-order valence-electron chi connectivity index (χ4n) is 2.80. The van der Waals surface area contributed by atoms with Gasteiger partial charge in [-0.05, 0) is 43.5 Å². The van der Waals surface area contributed by atoms with E-state index in [-0.39, 0.29) is 5.91 Å². The molecule has 6 nitrogen and oxygen atoms in total. The molecule has 0 unspecified atom stereocenters. The molecule has 3 aromatic rings. The third-order valence-electron chi connectivity index (χ3n) is 4.18. The molecule has 0 spiro atoms. The van der Waals surface area contributed by atoms with E-state index >= 15 is 0 Å². The van der Waals surface area contributed by atoms with Crippen molar-refractivity contribution in [2.24, 2.45) is 0 Å². The van der Waals surface area contributed by atoms with Crippen LogP contribution in [0.5, 0.6) is 5.75 Å². The number of methoxy groups -OCH3 is 1. The first-order valence-electron chi connectivity index (χ1n) is 9.23. The zero-order valence-corrected chi connectivity index (χ0v) is 16.1. The highest BCUT2D eigenvalue weighted by atomic mass is 16.5. The van der Waals surface area contributed by atoms with Crippen LogP contribution < -0.4 is 15.4 Å². The first kappa shape index (κ1) is 19.4. The molecule has 1 heterocycles. The van der Waals surface area contributed by atoms with Gasteiger partial charge >= 0.3 is 0 Å². The van der Waals surface area contributed by atoms with E-state index in [4.69, 9.17) is 4.74 Å². The van der Waals surface area contributed by atoms with Crippen molar-refractivity contribution in [1.82, 2.24) is 15.3 Å². The molecule has 1 amide bonds. The van der Waals surface area contributed by atoms with Crippen molar-refractivity contribution in [1.29, 1.82) is 0 Å². The monoisotopic (exact) mass is 376 g/mol. The Morgan fingerprint density at radius 2 is 1.86 bits per heavy atom. The van der Waals surface area contributed by atoms with Crippen molar-refractivity contribution in [3.8, 4) is 5.75 Å². The highest BCUT2D eigenvalue weighted by Crippen LogP contribution is 2.19. The molecular weight excluding hydrogens is 352 g/mol. The molecule has 3 rings (SSSR count). The number of carbonyl (C=O) groups is 1. The molecular formula is C22H24N4O2. The smallest absolute Gasteiger partial charge is 0.270 e. The zero-order chi connectivity index (χ0) is 19.8. The number of nitrogens with zero attached hydrogens (tertiary/aromatic N) is 2. The molecule has 28 heavy (non-hydrogen) atoms. The van der Waals surface area contributed by atoms with Crippen LogP contribution >= 0.6 is 0 Å². The van der Waals surface area contributed by atoms with E-state index in [1.165, 1.54) is 5.56 Å². The van der Waals surface area contributed by atoms with Crippen LogP contribution in [0.2, 0.25) is 0 Å². The van der Waals surface area contributed by atoms with Crippen molar-refractivity contribution in [2.45, 2.75) is 19.8 Å². The van der Waals surface area contributed by atoms with Gasteiger partial charge in [-0.15, -0.1) is 0 Å². The number of amides is 1. The van der Waals surface area contributed by atoms with Crippen LogP contribution in [0.25, 0.3) is 0 Å². The number of aromatic nitrogens is 2. The SMILES string of the molecule is COc1cccc(Nc2nc(C)cc(C(=O)NCCCc3ccccc3)n2)c1. The predicted octanol–water partition coefficient (Wildman–Crippen LogP) is 3.90. The third kappa shape index (κ3) is 5.54. The number of benzene rings is 2. The fraction of sp³-hybridized carbons (Fsp3) is 0.227. The second kappa shape index (κ2) is 9.50. The van der Waals surface area contributed by atoms with Gasteiger partial charge in [0.05, 0.1) is 7.11 Å². The molecule has 6 heteroatoms. The van der Waals surface area contributed by atoms with E-state index < -0.39 is 0 Å². The molecule has 0 radical (unpaired) electrons.